The number of hydrogen-bond acceptors (Lipinski definition) is 2. The third-order valence-corrected chi connectivity index (χ3v) is 2.61. The average Bonchev–Trinajstić information content (AvgIpc) is 2.04. The van der Waals surface area contributed by atoms with Gasteiger partial charge in [-0.3, -0.25) is 4.79 Å². The van der Waals surface area contributed by atoms with Crippen LogP contribution in [0.25, 0.3) is 0 Å². The topological polar surface area (TPSA) is 57.5 Å². The Bertz CT molecular complexity index is 222. The minimum absolute atomic E-state index is 0.181. The highest BCUT2D eigenvalue weighted by Gasteiger charge is 2.30. The van der Waals surface area contributed by atoms with Gasteiger partial charge in [0.1, 0.15) is 0 Å². The minimum atomic E-state index is -1.10. The Morgan fingerprint density at radius 1 is 1.69 bits per heavy atom. The Morgan fingerprint density at radius 3 is 2.77 bits per heavy atom. The Balaban J connectivity index is 2.58. The molecular weight excluding hydrogens is 168 g/mol. The highest BCUT2D eigenvalue weighted by atomic mass is 16.4. The first kappa shape index (κ1) is 10.3. The second kappa shape index (κ2) is 3.92. The van der Waals surface area contributed by atoms with E-state index in [1.807, 2.05) is 6.08 Å². The summed E-state index contributed by atoms with van der Waals surface area (Å²) in [6, 6.07) is 0. The number of hydrogen-bond donors (Lipinski definition) is 2. The lowest BCUT2D eigenvalue weighted by molar-refractivity contribution is -0.141. The van der Waals surface area contributed by atoms with Crippen molar-refractivity contribution in [1.82, 2.24) is 0 Å². The molecule has 0 aromatic rings. The lowest BCUT2D eigenvalue weighted by atomic mass is 9.82. The summed E-state index contributed by atoms with van der Waals surface area (Å²) in [5.74, 6) is -0.434. The van der Waals surface area contributed by atoms with E-state index in [0.717, 1.165) is 12.8 Å². The first-order chi connectivity index (χ1) is 6.06. The molecule has 0 spiro atoms. The van der Waals surface area contributed by atoms with Gasteiger partial charge in [-0.1, -0.05) is 19.1 Å². The number of aliphatic carboxylic acids is 1. The van der Waals surface area contributed by atoms with Crippen molar-refractivity contribution < 1.29 is 15.0 Å². The molecule has 0 bridgehead atoms. The molecule has 0 aliphatic heterocycles. The van der Waals surface area contributed by atoms with Gasteiger partial charge < -0.3 is 10.2 Å². The molecule has 2 unspecified atom stereocenters. The van der Waals surface area contributed by atoms with E-state index in [9.17, 15) is 9.90 Å². The van der Waals surface area contributed by atoms with Crippen molar-refractivity contribution in [3.05, 3.63) is 12.2 Å². The summed E-state index contributed by atoms with van der Waals surface area (Å²) in [7, 11) is 0. The third-order valence-electron chi connectivity index (χ3n) is 2.61. The second-order valence-corrected chi connectivity index (χ2v) is 3.74. The molecule has 0 saturated carbocycles. The zero-order valence-electron chi connectivity index (χ0n) is 7.86. The Labute approximate surface area is 78.1 Å². The fourth-order valence-corrected chi connectivity index (χ4v) is 1.68. The summed E-state index contributed by atoms with van der Waals surface area (Å²) in [5.41, 5.74) is -1.10. The van der Waals surface area contributed by atoms with Gasteiger partial charge in [-0.15, -0.1) is 0 Å². The molecule has 1 rings (SSSR count). The van der Waals surface area contributed by atoms with E-state index in [4.69, 9.17) is 5.11 Å². The molecule has 3 heteroatoms. The standard InChI is InChI=1S/C10H16O3/c1-2-8-3-5-10(13,6-4-8)7-9(11)12/h3,5,8,13H,2,4,6-7H2,1H3,(H,11,12). The third kappa shape index (κ3) is 2.84. The number of aliphatic hydroxyl groups is 1. The van der Waals surface area contributed by atoms with Crippen molar-refractivity contribution in [3.63, 3.8) is 0 Å². The number of rotatable bonds is 3. The van der Waals surface area contributed by atoms with Gasteiger partial charge in [0.05, 0.1) is 12.0 Å². The maximum Gasteiger partial charge on any atom is 0.306 e. The van der Waals surface area contributed by atoms with Crippen LogP contribution in [-0.2, 0) is 4.79 Å². The van der Waals surface area contributed by atoms with Gasteiger partial charge in [0.2, 0.25) is 0 Å². The SMILES string of the molecule is CCC1C=CC(O)(CC(=O)O)CC1. The van der Waals surface area contributed by atoms with E-state index in [2.05, 4.69) is 6.92 Å². The number of carboxylic acid groups (broad SMARTS) is 1. The summed E-state index contributed by atoms with van der Waals surface area (Å²) >= 11 is 0. The molecule has 2 N–H and O–H groups in total. The van der Waals surface area contributed by atoms with E-state index in [1.165, 1.54) is 0 Å². The van der Waals surface area contributed by atoms with Gasteiger partial charge in [-0.25, -0.2) is 0 Å². The fraction of sp³-hybridized carbons (Fsp3) is 0.700. The normalized spacial score (nSPS) is 33.2. The summed E-state index contributed by atoms with van der Waals surface area (Å²) < 4.78 is 0. The largest absolute Gasteiger partial charge is 0.481 e. The van der Waals surface area contributed by atoms with E-state index in [-0.39, 0.29) is 6.42 Å². The van der Waals surface area contributed by atoms with Crippen LogP contribution >= 0.6 is 0 Å². The minimum Gasteiger partial charge on any atom is -0.481 e. The van der Waals surface area contributed by atoms with E-state index >= 15 is 0 Å². The predicted molar refractivity (Wildman–Crippen MR) is 49.4 cm³/mol. The quantitative estimate of drug-likeness (QED) is 0.654. The molecule has 2 atom stereocenters. The molecule has 0 heterocycles. The predicted octanol–water partition coefficient (Wildman–Crippen LogP) is 1.57. The van der Waals surface area contributed by atoms with Crippen LogP contribution < -0.4 is 0 Å². The Morgan fingerprint density at radius 2 is 2.38 bits per heavy atom. The fourth-order valence-electron chi connectivity index (χ4n) is 1.68. The zero-order valence-corrected chi connectivity index (χ0v) is 7.86. The number of carboxylic acids is 1. The molecule has 0 saturated heterocycles. The molecule has 74 valence electrons. The van der Waals surface area contributed by atoms with Crippen molar-refractivity contribution in [1.29, 1.82) is 0 Å². The van der Waals surface area contributed by atoms with Crippen molar-refractivity contribution in [3.8, 4) is 0 Å². The van der Waals surface area contributed by atoms with Crippen LogP contribution in [0.2, 0.25) is 0 Å². The van der Waals surface area contributed by atoms with Crippen LogP contribution in [0, 0.1) is 5.92 Å². The Kier molecular flexibility index (Phi) is 3.09. The lowest BCUT2D eigenvalue weighted by Crippen LogP contribution is -2.32. The van der Waals surface area contributed by atoms with Crippen LogP contribution in [0.1, 0.15) is 32.6 Å². The van der Waals surface area contributed by atoms with Crippen LogP contribution in [0.3, 0.4) is 0 Å². The maximum atomic E-state index is 10.4. The van der Waals surface area contributed by atoms with Crippen LogP contribution in [0.5, 0.6) is 0 Å². The van der Waals surface area contributed by atoms with Gasteiger partial charge in [0.15, 0.2) is 0 Å². The van der Waals surface area contributed by atoms with Crippen molar-refractivity contribution in [2.45, 2.75) is 38.2 Å². The summed E-state index contributed by atoms with van der Waals surface area (Å²) in [6.45, 7) is 2.09. The first-order valence-electron chi connectivity index (χ1n) is 4.69. The van der Waals surface area contributed by atoms with Crippen LogP contribution in [0.15, 0.2) is 12.2 Å². The summed E-state index contributed by atoms with van der Waals surface area (Å²) in [5, 5.41) is 18.3. The summed E-state index contributed by atoms with van der Waals surface area (Å²) in [6.07, 6.45) is 5.91. The van der Waals surface area contributed by atoms with Crippen molar-refractivity contribution in [2.75, 3.05) is 0 Å². The van der Waals surface area contributed by atoms with Crippen LogP contribution in [0.4, 0.5) is 0 Å². The maximum absolute atomic E-state index is 10.4. The lowest BCUT2D eigenvalue weighted by Gasteiger charge is -2.29. The monoisotopic (exact) mass is 184 g/mol. The highest BCUT2D eigenvalue weighted by Crippen LogP contribution is 2.29. The molecule has 0 aromatic carbocycles. The molecule has 3 nitrogen and oxygen atoms in total. The smallest absolute Gasteiger partial charge is 0.306 e. The number of allylic oxidation sites excluding steroid dienone is 1. The number of carbonyl (C=O) groups is 1. The first-order valence-corrected chi connectivity index (χ1v) is 4.69. The molecule has 1 aliphatic carbocycles. The van der Waals surface area contributed by atoms with E-state index in [0.29, 0.717) is 12.3 Å². The van der Waals surface area contributed by atoms with Gasteiger partial charge in [-0.05, 0) is 25.2 Å². The summed E-state index contributed by atoms with van der Waals surface area (Å²) in [4.78, 5) is 10.4. The average molecular weight is 184 g/mol. The van der Waals surface area contributed by atoms with Gasteiger partial charge in [-0.2, -0.15) is 0 Å². The molecule has 0 radical (unpaired) electrons. The van der Waals surface area contributed by atoms with Crippen molar-refractivity contribution in [2.24, 2.45) is 5.92 Å². The Hall–Kier alpha value is -0.830. The zero-order chi connectivity index (χ0) is 9.90. The molecule has 0 aromatic heterocycles. The molecule has 13 heavy (non-hydrogen) atoms. The van der Waals surface area contributed by atoms with Gasteiger partial charge >= 0.3 is 5.97 Å². The van der Waals surface area contributed by atoms with Gasteiger partial charge in [0, 0.05) is 0 Å². The molecular formula is C10H16O3. The van der Waals surface area contributed by atoms with Crippen molar-refractivity contribution >= 4 is 5.97 Å². The molecule has 0 amide bonds. The van der Waals surface area contributed by atoms with Crippen LogP contribution in [-0.4, -0.2) is 21.8 Å². The molecule has 0 fully saturated rings. The highest BCUT2D eigenvalue weighted by molar-refractivity contribution is 5.68. The molecule has 1 aliphatic rings. The second-order valence-electron chi connectivity index (χ2n) is 3.74. The van der Waals surface area contributed by atoms with Gasteiger partial charge in [0.25, 0.3) is 0 Å². The van der Waals surface area contributed by atoms with E-state index in [1.54, 1.807) is 6.08 Å². The van der Waals surface area contributed by atoms with E-state index < -0.39 is 11.6 Å².